The molecule has 0 aliphatic heterocycles. The second kappa shape index (κ2) is 7.77. The predicted octanol–water partition coefficient (Wildman–Crippen LogP) is 4.79. The van der Waals surface area contributed by atoms with Crippen LogP contribution >= 0.6 is 35.4 Å². The van der Waals surface area contributed by atoms with Gasteiger partial charge in [-0.1, -0.05) is 42.3 Å². The van der Waals surface area contributed by atoms with Crippen molar-refractivity contribution in [3.8, 4) is 0 Å². The van der Waals surface area contributed by atoms with Crippen molar-refractivity contribution in [3.05, 3.63) is 57.7 Å². The Kier molecular flexibility index (Phi) is 6.00. The van der Waals surface area contributed by atoms with E-state index >= 15 is 0 Å². The number of benzene rings is 1. The second-order valence-corrected chi connectivity index (χ2v) is 6.26. The van der Waals surface area contributed by atoms with Gasteiger partial charge < -0.3 is 10.6 Å². The van der Waals surface area contributed by atoms with Crippen LogP contribution in [0.3, 0.4) is 0 Å². The number of halogens is 2. The Labute approximate surface area is 146 Å². The topological polar surface area (TPSA) is 37.0 Å². The number of rotatable bonds is 4. The molecule has 1 aromatic heterocycles. The number of aryl methyl sites for hydroxylation is 1. The molecule has 1 unspecified atom stereocenters. The molecule has 0 aliphatic rings. The normalized spacial score (nSPS) is 11.8. The summed E-state index contributed by atoms with van der Waals surface area (Å²) in [5.41, 5.74) is 1.96. The second-order valence-electron chi connectivity index (χ2n) is 5.04. The summed E-state index contributed by atoms with van der Waals surface area (Å²) in [6.07, 6.45) is 1.73. The van der Waals surface area contributed by atoms with E-state index in [1.807, 2.05) is 37.3 Å². The number of nitrogens with zero attached hydrogens (tertiary/aromatic N) is 1. The van der Waals surface area contributed by atoms with Crippen LogP contribution in [-0.2, 0) is 0 Å². The Morgan fingerprint density at radius 2 is 1.91 bits per heavy atom. The van der Waals surface area contributed by atoms with Gasteiger partial charge in [-0.2, -0.15) is 0 Å². The highest BCUT2D eigenvalue weighted by molar-refractivity contribution is 7.80. The van der Waals surface area contributed by atoms with E-state index in [0.29, 0.717) is 21.7 Å². The van der Waals surface area contributed by atoms with Gasteiger partial charge in [0.1, 0.15) is 5.82 Å². The average molecular weight is 354 g/mol. The van der Waals surface area contributed by atoms with E-state index in [1.54, 1.807) is 6.20 Å². The van der Waals surface area contributed by atoms with Crippen LogP contribution in [0.4, 0.5) is 5.82 Å². The van der Waals surface area contributed by atoms with Crippen molar-refractivity contribution >= 4 is 46.4 Å². The molecule has 0 bridgehead atoms. The number of hydrogen-bond acceptors (Lipinski definition) is 2. The summed E-state index contributed by atoms with van der Waals surface area (Å²) in [6.45, 7) is 4.65. The first-order valence-corrected chi connectivity index (χ1v) is 8.06. The molecule has 0 radical (unpaired) electrons. The standard InChI is InChI=1S/C16H17Cl2N3S/c1-10-5-4-8-19-15(10)21-16(22)20-9-11(2)14-12(17)6-3-7-13(14)18/h3-8,11H,9H2,1-2H3,(H2,19,20,21,22). The molecule has 0 saturated heterocycles. The van der Waals surface area contributed by atoms with E-state index in [0.717, 1.165) is 16.9 Å². The fourth-order valence-corrected chi connectivity index (χ4v) is 3.05. The summed E-state index contributed by atoms with van der Waals surface area (Å²) in [5, 5.41) is 8.12. The number of pyridine rings is 1. The SMILES string of the molecule is Cc1cccnc1NC(=S)NCC(C)c1c(Cl)cccc1Cl. The van der Waals surface area contributed by atoms with Gasteiger partial charge in [-0.15, -0.1) is 0 Å². The third kappa shape index (κ3) is 4.32. The molecule has 0 spiro atoms. The Morgan fingerprint density at radius 1 is 1.23 bits per heavy atom. The van der Waals surface area contributed by atoms with Gasteiger partial charge >= 0.3 is 0 Å². The minimum Gasteiger partial charge on any atom is -0.362 e. The molecule has 1 atom stereocenters. The minimum atomic E-state index is 0.130. The van der Waals surface area contributed by atoms with Gasteiger partial charge in [0.05, 0.1) is 0 Å². The Balaban J connectivity index is 1.95. The van der Waals surface area contributed by atoms with Crippen molar-refractivity contribution in [2.75, 3.05) is 11.9 Å². The summed E-state index contributed by atoms with van der Waals surface area (Å²) in [7, 11) is 0. The molecule has 2 rings (SSSR count). The van der Waals surface area contributed by atoms with Crippen molar-refractivity contribution in [2.24, 2.45) is 0 Å². The molecule has 0 amide bonds. The van der Waals surface area contributed by atoms with Gasteiger partial charge in [-0.05, 0) is 48.5 Å². The van der Waals surface area contributed by atoms with Crippen LogP contribution in [0.25, 0.3) is 0 Å². The van der Waals surface area contributed by atoms with Gasteiger partial charge in [-0.3, -0.25) is 0 Å². The van der Waals surface area contributed by atoms with E-state index < -0.39 is 0 Å². The number of aromatic nitrogens is 1. The molecule has 1 heterocycles. The molecule has 116 valence electrons. The maximum Gasteiger partial charge on any atom is 0.171 e. The molecular formula is C16H17Cl2N3S. The Bertz CT molecular complexity index is 656. The molecule has 3 nitrogen and oxygen atoms in total. The molecule has 0 fully saturated rings. The molecular weight excluding hydrogens is 337 g/mol. The maximum absolute atomic E-state index is 6.22. The van der Waals surface area contributed by atoms with E-state index in [4.69, 9.17) is 35.4 Å². The molecule has 6 heteroatoms. The van der Waals surface area contributed by atoms with Crippen LogP contribution in [0.5, 0.6) is 0 Å². The first-order valence-electron chi connectivity index (χ1n) is 6.89. The van der Waals surface area contributed by atoms with E-state index in [2.05, 4.69) is 22.5 Å². The molecule has 22 heavy (non-hydrogen) atoms. The van der Waals surface area contributed by atoms with Crippen molar-refractivity contribution < 1.29 is 0 Å². The van der Waals surface area contributed by atoms with Crippen molar-refractivity contribution in [1.82, 2.24) is 10.3 Å². The lowest BCUT2D eigenvalue weighted by Crippen LogP contribution is -2.32. The van der Waals surface area contributed by atoms with Gasteiger partial charge in [-0.25, -0.2) is 4.98 Å². The van der Waals surface area contributed by atoms with Gasteiger partial charge in [0.2, 0.25) is 0 Å². The minimum absolute atomic E-state index is 0.130. The number of anilines is 1. The highest BCUT2D eigenvalue weighted by Gasteiger charge is 2.14. The van der Waals surface area contributed by atoms with Gasteiger partial charge in [0, 0.05) is 28.7 Å². The largest absolute Gasteiger partial charge is 0.362 e. The van der Waals surface area contributed by atoms with Crippen LogP contribution in [0.15, 0.2) is 36.5 Å². The molecule has 0 aliphatic carbocycles. The Hall–Kier alpha value is -1.36. The quantitative estimate of drug-likeness (QED) is 0.775. The number of nitrogens with one attached hydrogen (secondary N) is 2. The van der Waals surface area contributed by atoms with Crippen LogP contribution in [0.1, 0.15) is 24.0 Å². The third-order valence-electron chi connectivity index (χ3n) is 3.30. The molecule has 0 saturated carbocycles. The first kappa shape index (κ1) is 17.0. The highest BCUT2D eigenvalue weighted by Crippen LogP contribution is 2.30. The zero-order chi connectivity index (χ0) is 16.1. The van der Waals surface area contributed by atoms with Crippen molar-refractivity contribution in [2.45, 2.75) is 19.8 Å². The highest BCUT2D eigenvalue weighted by atomic mass is 35.5. The Morgan fingerprint density at radius 3 is 2.55 bits per heavy atom. The van der Waals surface area contributed by atoms with Crippen LogP contribution in [0, 0.1) is 6.92 Å². The van der Waals surface area contributed by atoms with Crippen LogP contribution in [0.2, 0.25) is 10.0 Å². The maximum atomic E-state index is 6.22. The predicted molar refractivity (Wildman–Crippen MR) is 98.1 cm³/mol. The number of hydrogen-bond donors (Lipinski definition) is 2. The third-order valence-corrected chi connectivity index (χ3v) is 4.21. The summed E-state index contributed by atoms with van der Waals surface area (Å²) in [6, 6.07) is 9.38. The summed E-state index contributed by atoms with van der Waals surface area (Å²) < 4.78 is 0. The average Bonchev–Trinajstić information content (AvgIpc) is 2.47. The lowest BCUT2D eigenvalue weighted by atomic mass is 10.0. The molecule has 2 aromatic rings. The van der Waals surface area contributed by atoms with E-state index in [1.165, 1.54) is 0 Å². The lowest BCUT2D eigenvalue weighted by Gasteiger charge is -2.18. The van der Waals surface area contributed by atoms with Gasteiger partial charge in [0.15, 0.2) is 5.11 Å². The first-order chi connectivity index (χ1) is 10.5. The monoisotopic (exact) mass is 353 g/mol. The van der Waals surface area contributed by atoms with Crippen molar-refractivity contribution in [3.63, 3.8) is 0 Å². The van der Waals surface area contributed by atoms with Gasteiger partial charge in [0.25, 0.3) is 0 Å². The molecule has 2 N–H and O–H groups in total. The summed E-state index contributed by atoms with van der Waals surface area (Å²) in [5.74, 6) is 0.884. The van der Waals surface area contributed by atoms with E-state index in [9.17, 15) is 0 Å². The zero-order valence-corrected chi connectivity index (χ0v) is 14.7. The lowest BCUT2D eigenvalue weighted by molar-refractivity contribution is 0.724. The summed E-state index contributed by atoms with van der Waals surface area (Å²) >= 11 is 17.7. The number of thiocarbonyl (C=S) groups is 1. The smallest absolute Gasteiger partial charge is 0.171 e. The van der Waals surface area contributed by atoms with Crippen molar-refractivity contribution in [1.29, 1.82) is 0 Å². The summed E-state index contributed by atoms with van der Waals surface area (Å²) in [4.78, 5) is 4.25. The zero-order valence-electron chi connectivity index (χ0n) is 12.4. The molecule has 1 aromatic carbocycles. The van der Waals surface area contributed by atoms with Crippen LogP contribution < -0.4 is 10.6 Å². The fourth-order valence-electron chi connectivity index (χ4n) is 2.10. The van der Waals surface area contributed by atoms with Crippen LogP contribution in [-0.4, -0.2) is 16.6 Å². The fraction of sp³-hybridized carbons (Fsp3) is 0.250. The van der Waals surface area contributed by atoms with E-state index in [-0.39, 0.29) is 5.92 Å².